The lowest BCUT2D eigenvalue weighted by Crippen LogP contribution is -2.64. The van der Waals surface area contributed by atoms with E-state index in [9.17, 15) is 54.3 Å². The Hall–Kier alpha value is -3.58. The Morgan fingerprint density at radius 1 is 0.703 bits per heavy atom. The Morgan fingerprint density at radius 3 is 1.81 bits per heavy atom. The molecule has 1 aliphatic rings. The maximum Gasteiger partial charge on any atom is 0.326 e. The molecular weight excluding hydrogens is 846 g/mol. The van der Waals surface area contributed by atoms with E-state index in [1.807, 2.05) is 0 Å². The normalized spacial score (nSPS) is 20.2. The lowest BCUT2D eigenvalue weighted by Gasteiger charge is -2.42. The molecule has 22 nitrogen and oxygen atoms in total. The molecule has 0 aliphatic carbocycles. The van der Waals surface area contributed by atoms with Crippen LogP contribution in [0.2, 0.25) is 0 Å². The molecule has 0 aromatic rings. The molecule has 1 saturated heterocycles. The van der Waals surface area contributed by atoms with Gasteiger partial charge in [0.05, 0.1) is 49.3 Å². The Balaban J connectivity index is 2.81. The number of hydrogen-bond acceptors (Lipinski definition) is 16. The van der Waals surface area contributed by atoms with Gasteiger partial charge in [0.15, 0.2) is 6.29 Å². The van der Waals surface area contributed by atoms with Gasteiger partial charge in [0, 0.05) is 20.0 Å². The van der Waals surface area contributed by atoms with E-state index in [1.54, 1.807) is 55.4 Å². The average molecular weight is 924 g/mol. The molecule has 1 fully saturated rings. The summed E-state index contributed by atoms with van der Waals surface area (Å²) in [6.45, 7) is 14.0. The van der Waals surface area contributed by atoms with Crippen molar-refractivity contribution in [1.82, 2.24) is 26.6 Å². The van der Waals surface area contributed by atoms with Crippen LogP contribution in [0, 0.1) is 0 Å². The number of amides is 5. The van der Waals surface area contributed by atoms with Crippen LogP contribution in [-0.2, 0) is 57.2 Å². The Labute approximate surface area is 376 Å². The topological polar surface area (TPSA) is 319 Å². The summed E-state index contributed by atoms with van der Waals surface area (Å²) in [5.74, 6) is -3.83. The smallest absolute Gasteiger partial charge is 0.326 e. The summed E-state index contributed by atoms with van der Waals surface area (Å²) in [6.07, 6.45) is -3.32. The van der Waals surface area contributed by atoms with E-state index in [-0.39, 0.29) is 71.0 Å². The van der Waals surface area contributed by atoms with Gasteiger partial charge in [-0.05, 0) is 100 Å². The Morgan fingerprint density at radius 2 is 1.27 bits per heavy atom. The summed E-state index contributed by atoms with van der Waals surface area (Å²) in [7, 11) is 0. The summed E-state index contributed by atoms with van der Waals surface area (Å²) in [5.41, 5.74) is -2.71. The minimum atomic E-state index is -1.46. The molecule has 7 unspecified atom stereocenters. The maximum atomic E-state index is 13.5. The zero-order valence-corrected chi connectivity index (χ0v) is 39.1. The highest BCUT2D eigenvalue weighted by atomic mass is 16.7. The van der Waals surface area contributed by atoms with Crippen molar-refractivity contribution in [2.24, 2.45) is 0 Å². The van der Waals surface area contributed by atoms with Crippen LogP contribution in [0.1, 0.15) is 107 Å². The second-order valence-electron chi connectivity index (χ2n) is 17.9. The third-order valence-electron chi connectivity index (χ3n) is 9.91. The summed E-state index contributed by atoms with van der Waals surface area (Å²) >= 11 is 0. The molecule has 22 heteroatoms. The van der Waals surface area contributed by atoms with Crippen LogP contribution in [0.3, 0.4) is 0 Å². The second kappa shape index (κ2) is 29.1. The fourth-order valence-electron chi connectivity index (χ4n) is 5.87. The highest BCUT2D eigenvalue weighted by molar-refractivity contribution is 5.90. The van der Waals surface area contributed by atoms with Crippen molar-refractivity contribution in [3.63, 3.8) is 0 Å². The average Bonchev–Trinajstić information content (AvgIpc) is 3.21. The monoisotopic (exact) mass is 924 g/mol. The van der Waals surface area contributed by atoms with Crippen LogP contribution in [0.5, 0.6) is 0 Å². The third kappa shape index (κ3) is 24.6. The number of hydrogen-bond donors (Lipinski definition) is 10. The molecule has 0 aromatic heterocycles. The van der Waals surface area contributed by atoms with Gasteiger partial charge in [-0.2, -0.15) is 0 Å². The SMILES string of the molecule is CC(=O)NC1C(OCCC(C)(C)OCC(C)(C)OCC(=O)NC(CCCCNC(=O)COC(C)C)C(=O)NC(CCCCNC(=O)COC(C)(C)CO)C(=O)O)OC(CO)C(O)C1O. The van der Waals surface area contributed by atoms with Gasteiger partial charge in [0.2, 0.25) is 29.5 Å². The summed E-state index contributed by atoms with van der Waals surface area (Å²) in [6, 6.07) is -3.53. The van der Waals surface area contributed by atoms with Crippen molar-refractivity contribution in [3.05, 3.63) is 0 Å². The van der Waals surface area contributed by atoms with Gasteiger partial charge in [-0.1, -0.05) is 0 Å². The van der Waals surface area contributed by atoms with E-state index < -0.39 is 102 Å². The fraction of sp³-hybridized carbons (Fsp3) is 0.857. The Kier molecular flexibility index (Phi) is 26.6. The lowest BCUT2D eigenvalue weighted by atomic mass is 9.97. The number of ether oxygens (including phenoxy) is 6. The fourth-order valence-corrected chi connectivity index (χ4v) is 5.87. The predicted molar refractivity (Wildman–Crippen MR) is 229 cm³/mol. The van der Waals surface area contributed by atoms with Crippen molar-refractivity contribution >= 4 is 35.5 Å². The molecule has 0 aromatic carbocycles. The van der Waals surface area contributed by atoms with Gasteiger partial charge < -0.3 is 80.5 Å². The van der Waals surface area contributed by atoms with Gasteiger partial charge in [-0.3, -0.25) is 24.0 Å². The molecule has 0 saturated carbocycles. The molecule has 1 rings (SSSR count). The number of aliphatic carboxylic acids is 1. The molecule has 7 atom stereocenters. The second-order valence-corrected chi connectivity index (χ2v) is 17.9. The largest absolute Gasteiger partial charge is 0.480 e. The van der Waals surface area contributed by atoms with Gasteiger partial charge >= 0.3 is 5.97 Å². The lowest BCUT2D eigenvalue weighted by molar-refractivity contribution is -0.272. The molecule has 1 aliphatic heterocycles. The minimum absolute atomic E-state index is 0.0106. The highest BCUT2D eigenvalue weighted by Crippen LogP contribution is 2.25. The number of aliphatic hydroxyl groups excluding tert-OH is 4. The van der Waals surface area contributed by atoms with Crippen molar-refractivity contribution < 1.29 is 82.7 Å². The van der Waals surface area contributed by atoms with Crippen LogP contribution >= 0.6 is 0 Å². The first-order valence-electron chi connectivity index (χ1n) is 21.8. The number of nitrogens with one attached hydrogen (secondary N) is 5. The number of carboxylic acid groups (broad SMARTS) is 1. The molecule has 0 bridgehead atoms. The van der Waals surface area contributed by atoms with E-state index in [4.69, 9.17) is 28.4 Å². The van der Waals surface area contributed by atoms with E-state index in [0.29, 0.717) is 32.1 Å². The van der Waals surface area contributed by atoms with E-state index in [2.05, 4.69) is 26.6 Å². The number of aliphatic hydroxyl groups is 4. The standard InChI is InChI=1S/C42H77N5O17/c1-26(2)60-21-31(51)43-17-12-10-14-28(37(56)47-29(38(57)58)15-11-13-18-44-32(52)22-61-41(6,7)24-49)46-33(53)23-62-42(8,9)25-63-40(4,5)16-19-59-39-34(45-27(3)50)36(55)35(54)30(20-48)64-39/h26,28-30,34-36,39,48-49,54-55H,10-25H2,1-9H3,(H,43,51)(H,44,52)(H,45,50)(H,46,53)(H,47,56)(H,57,58). The summed E-state index contributed by atoms with van der Waals surface area (Å²) in [4.78, 5) is 74.7. The highest BCUT2D eigenvalue weighted by Gasteiger charge is 2.45. The molecule has 64 heavy (non-hydrogen) atoms. The first-order chi connectivity index (χ1) is 29.8. The van der Waals surface area contributed by atoms with Crippen molar-refractivity contribution in [3.8, 4) is 0 Å². The molecule has 0 radical (unpaired) electrons. The molecule has 5 amide bonds. The predicted octanol–water partition coefficient (Wildman–Crippen LogP) is -1.23. The van der Waals surface area contributed by atoms with Crippen LogP contribution < -0.4 is 26.6 Å². The number of rotatable bonds is 33. The van der Waals surface area contributed by atoms with Crippen LogP contribution in [0.4, 0.5) is 0 Å². The zero-order valence-electron chi connectivity index (χ0n) is 39.1. The molecule has 1 heterocycles. The molecule has 372 valence electrons. The minimum Gasteiger partial charge on any atom is -0.480 e. The zero-order chi connectivity index (χ0) is 48.7. The third-order valence-corrected chi connectivity index (χ3v) is 9.91. The Bertz CT molecular complexity index is 1450. The molecule has 10 N–H and O–H groups in total. The van der Waals surface area contributed by atoms with Crippen LogP contribution in [0.25, 0.3) is 0 Å². The first kappa shape index (κ1) is 58.4. The molecular formula is C42H77N5O17. The van der Waals surface area contributed by atoms with E-state index in [1.165, 1.54) is 6.92 Å². The van der Waals surface area contributed by atoms with E-state index >= 15 is 0 Å². The summed E-state index contributed by atoms with van der Waals surface area (Å²) in [5, 5.41) is 62.6. The van der Waals surface area contributed by atoms with Crippen molar-refractivity contribution in [2.45, 2.75) is 173 Å². The summed E-state index contributed by atoms with van der Waals surface area (Å²) < 4.78 is 34.1. The quantitative estimate of drug-likeness (QED) is 0.0345. The number of carbonyl (C=O) groups is 6. The number of carboxylic acids is 1. The first-order valence-corrected chi connectivity index (χ1v) is 21.8. The van der Waals surface area contributed by atoms with Gasteiger partial charge in [-0.15, -0.1) is 0 Å². The van der Waals surface area contributed by atoms with Crippen LogP contribution in [-0.4, -0.2) is 186 Å². The van der Waals surface area contributed by atoms with Crippen LogP contribution in [0.15, 0.2) is 0 Å². The van der Waals surface area contributed by atoms with Gasteiger partial charge in [0.1, 0.15) is 56.3 Å². The number of unbranched alkanes of at least 4 members (excludes halogenated alkanes) is 2. The van der Waals surface area contributed by atoms with Crippen molar-refractivity contribution in [1.29, 1.82) is 0 Å². The van der Waals surface area contributed by atoms with E-state index in [0.717, 1.165) is 0 Å². The maximum absolute atomic E-state index is 13.5. The molecule has 0 spiro atoms. The number of carbonyl (C=O) groups excluding carboxylic acids is 5. The van der Waals surface area contributed by atoms with Gasteiger partial charge in [0.25, 0.3) is 0 Å². The van der Waals surface area contributed by atoms with Crippen molar-refractivity contribution in [2.75, 3.05) is 59.3 Å². The van der Waals surface area contributed by atoms with Gasteiger partial charge in [-0.25, -0.2) is 4.79 Å².